The maximum Gasteiger partial charge on any atom is 0.306 e. The Balaban J connectivity index is 2.79. The van der Waals surface area contributed by atoms with Gasteiger partial charge in [-0.05, 0) is 64.2 Å². The molecule has 1 amide bonds. The van der Waals surface area contributed by atoms with E-state index in [1.54, 1.807) is 6.08 Å². The molecule has 1 saturated heterocycles. The van der Waals surface area contributed by atoms with Crippen LogP contribution in [0.5, 0.6) is 0 Å². The fourth-order valence-corrected chi connectivity index (χ4v) is 8.04. The molecule has 392 valence electrons. The first kappa shape index (κ1) is 63.1. The number of ether oxygens (including phenoxy) is 3. The lowest BCUT2D eigenvalue weighted by molar-refractivity contribution is -0.305. The van der Waals surface area contributed by atoms with Crippen LogP contribution in [0.25, 0.3) is 0 Å². The Morgan fingerprint density at radius 1 is 0.588 bits per heavy atom. The van der Waals surface area contributed by atoms with E-state index in [9.17, 15) is 35.1 Å². The van der Waals surface area contributed by atoms with Gasteiger partial charge in [0.1, 0.15) is 24.4 Å². The molecule has 0 saturated carbocycles. The summed E-state index contributed by atoms with van der Waals surface area (Å²) in [6.45, 7) is 5.60. The molecule has 1 aliphatic heterocycles. The van der Waals surface area contributed by atoms with Crippen molar-refractivity contribution in [3.05, 3.63) is 72.9 Å². The Bertz CT molecular complexity index is 1380. The maximum atomic E-state index is 13.3. The van der Waals surface area contributed by atoms with Crippen molar-refractivity contribution in [1.82, 2.24) is 5.32 Å². The highest BCUT2D eigenvalue weighted by molar-refractivity contribution is 5.80. The molecule has 0 aromatic heterocycles. The molecule has 0 bridgehead atoms. The lowest BCUT2D eigenvalue weighted by Gasteiger charge is -2.41. The average molecular weight is 958 g/mol. The van der Waals surface area contributed by atoms with Gasteiger partial charge in [-0.1, -0.05) is 216 Å². The summed E-state index contributed by atoms with van der Waals surface area (Å²) in [6, 6.07) is -1.03. The maximum absolute atomic E-state index is 13.3. The molecule has 11 heteroatoms. The van der Waals surface area contributed by atoms with Crippen LogP contribution in [0.15, 0.2) is 72.9 Å². The van der Waals surface area contributed by atoms with Gasteiger partial charge in [-0.25, -0.2) is 0 Å². The molecule has 0 aliphatic carbocycles. The zero-order valence-electron chi connectivity index (χ0n) is 43.0. The van der Waals surface area contributed by atoms with Crippen molar-refractivity contribution < 1.29 is 49.3 Å². The number of allylic oxidation sites excluding steroid dienone is 11. The van der Waals surface area contributed by atoms with Crippen LogP contribution >= 0.6 is 0 Å². The van der Waals surface area contributed by atoms with Gasteiger partial charge in [0.15, 0.2) is 12.4 Å². The molecule has 8 unspecified atom stereocenters. The minimum atomic E-state index is -1.64. The Kier molecular flexibility index (Phi) is 42.0. The lowest BCUT2D eigenvalue weighted by Crippen LogP contribution is -2.61. The number of carbonyl (C=O) groups is 2. The third-order valence-corrected chi connectivity index (χ3v) is 12.4. The van der Waals surface area contributed by atoms with Gasteiger partial charge in [0, 0.05) is 6.42 Å². The van der Waals surface area contributed by atoms with Crippen molar-refractivity contribution in [3.63, 3.8) is 0 Å². The molecule has 1 aliphatic rings. The second kappa shape index (κ2) is 45.3. The molecule has 0 aromatic carbocycles. The summed E-state index contributed by atoms with van der Waals surface area (Å²) >= 11 is 0. The van der Waals surface area contributed by atoms with Crippen LogP contribution in [0.1, 0.15) is 213 Å². The third kappa shape index (κ3) is 33.6. The van der Waals surface area contributed by atoms with E-state index in [-0.39, 0.29) is 19.4 Å². The Hall–Kier alpha value is -2.90. The summed E-state index contributed by atoms with van der Waals surface area (Å²) in [5.74, 6) is -1.26. The zero-order chi connectivity index (χ0) is 49.7. The van der Waals surface area contributed by atoms with Gasteiger partial charge in [0.25, 0.3) is 0 Å². The number of amides is 1. The molecular weight excluding hydrogens is 859 g/mol. The fourth-order valence-electron chi connectivity index (χ4n) is 8.04. The lowest BCUT2D eigenvalue weighted by atomic mass is 9.99. The molecule has 8 atom stereocenters. The minimum Gasteiger partial charge on any atom is -0.454 e. The summed E-state index contributed by atoms with van der Waals surface area (Å²) in [7, 11) is 0. The standard InChI is InChI=1S/C57H99NO10/c1-4-7-10-13-16-19-22-24-25-26-27-28-30-33-36-39-42-45-52(62)68-55-54(64)53(63)51(46-59)67-57(55)66-47-48(49(60)43-40-37-34-32-29-23-20-17-14-11-8-5-2)58-56(65)50(61)44-41-38-35-31-21-18-15-12-9-6-3/h7,10,16,19,24-25,27-28,33,36,40,43,48-51,53-55,57,59-61,63-64H,4-6,8-9,11-15,17-18,20-23,26,29-32,34-35,37-39,41-42,44-47H2,1-3H3,(H,58,65)/b10-7-,19-16-,25-24-,28-27-,36-33-,43-40+. The molecule has 1 heterocycles. The van der Waals surface area contributed by atoms with Gasteiger partial charge in [0.05, 0.1) is 25.4 Å². The van der Waals surface area contributed by atoms with Crippen LogP contribution in [0.3, 0.4) is 0 Å². The van der Waals surface area contributed by atoms with Gasteiger partial charge >= 0.3 is 5.97 Å². The van der Waals surface area contributed by atoms with E-state index in [0.29, 0.717) is 19.3 Å². The predicted octanol–water partition coefficient (Wildman–Crippen LogP) is 11.7. The molecule has 1 rings (SSSR count). The number of aliphatic hydroxyl groups is 5. The minimum absolute atomic E-state index is 0.0436. The summed E-state index contributed by atoms with van der Waals surface area (Å²) in [4.78, 5) is 26.3. The molecule has 11 nitrogen and oxygen atoms in total. The first-order chi connectivity index (χ1) is 33.2. The van der Waals surface area contributed by atoms with Crippen LogP contribution in [-0.2, 0) is 23.8 Å². The summed E-state index contributed by atoms with van der Waals surface area (Å²) in [6.07, 6.45) is 45.3. The van der Waals surface area contributed by atoms with E-state index < -0.39 is 67.4 Å². The van der Waals surface area contributed by atoms with Crippen LogP contribution < -0.4 is 5.32 Å². The Morgan fingerprint density at radius 2 is 1.06 bits per heavy atom. The Morgan fingerprint density at radius 3 is 1.57 bits per heavy atom. The van der Waals surface area contributed by atoms with Crippen molar-refractivity contribution in [3.8, 4) is 0 Å². The van der Waals surface area contributed by atoms with Gasteiger partial charge in [-0.15, -0.1) is 0 Å². The fraction of sp³-hybridized carbons (Fsp3) is 0.754. The van der Waals surface area contributed by atoms with E-state index in [1.807, 2.05) is 18.2 Å². The molecule has 0 aromatic rings. The smallest absolute Gasteiger partial charge is 0.306 e. The number of hydrogen-bond acceptors (Lipinski definition) is 10. The van der Waals surface area contributed by atoms with Crippen LogP contribution in [-0.4, -0.2) is 99.6 Å². The van der Waals surface area contributed by atoms with Gasteiger partial charge in [0.2, 0.25) is 5.91 Å². The topological polar surface area (TPSA) is 175 Å². The number of esters is 1. The summed E-state index contributed by atoms with van der Waals surface area (Å²) in [5.41, 5.74) is 0. The predicted molar refractivity (Wildman–Crippen MR) is 278 cm³/mol. The van der Waals surface area contributed by atoms with Crippen LogP contribution in [0.4, 0.5) is 0 Å². The second-order valence-electron chi connectivity index (χ2n) is 18.6. The molecule has 0 spiro atoms. The largest absolute Gasteiger partial charge is 0.454 e. The quantitative estimate of drug-likeness (QED) is 0.0196. The van der Waals surface area contributed by atoms with Crippen molar-refractivity contribution >= 4 is 11.9 Å². The zero-order valence-corrected chi connectivity index (χ0v) is 43.0. The molecular formula is C57H99NO10. The number of hydrogen-bond donors (Lipinski definition) is 6. The van der Waals surface area contributed by atoms with Gasteiger partial charge in [-0.2, -0.15) is 0 Å². The highest BCUT2D eigenvalue weighted by Crippen LogP contribution is 2.26. The van der Waals surface area contributed by atoms with Gasteiger partial charge < -0.3 is 45.1 Å². The average Bonchev–Trinajstić information content (AvgIpc) is 3.33. The Labute approximate surface area is 413 Å². The normalized spacial score (nSPS) is 20.5. The van der Waals surface area contributed by atoms with Crippen molar-refractivity contribution in [2.24, 2.45) is 0 Å². The molecule has 68 heavy (non-hydrogen) atoms. The number of carbonyl (C=O) groups excluding carboxylic acids is 2. The van der Waals surface area contributed by atoms with Crippen molar-refractivity contribution in [1.29, 1.82) is 0 Å². The number of aliphatic hydroxyl groups excluding tert-OH is 5. The van der Waals surface area contributed by atoms with Crippen molar-refractivity contribution in [2.75, 3.05) is 13.2 Å². The SMILES string of the molecule is CC/C=C\C/C=C\C/C=C\C/C=C\C/C=C\CCCC(=O)OC1C(OCC(NC(=O)C(O)CCCCCCCCCCCC)C(O)/C=C/CCCCCCCCCCCC)OC(CO)C(O)C1O. The summed E-state index contributed by atoms with van der Waals surface area (Å²) in [5, 5.41) is 56.6. The first-order valence-corrected chi connectivity index (χ1v) is 27.2. The van der Waals surface area contributed by atoms with E-state index in [2.05, 4.69) is 74.7 Å². The molecule has 6 N–H and O–H groups in total. The van der Waals surface area contributed by atoms with Crippen molar-refractivity contribution in [2.45, 2.75) is 262 Å². The monoisotopic (exact) mass is 958 g/mol. The number of nitrogens with one attached hydrogen (secondary N) is 1. The summed E-state index contributed by atoms with van der Waals surface area (Å²) < 4.78 is 17.5. The van der Waals surface area contributed by atoms with Crippen LogP contribution in [0, 0.1) is 0 Å². The van der Waals surface area contributed by atoms with Crippen LogP contribution in [0.2, 0.25) is 0 Å². The second-order valence-corrected chi connectivity index (χ2v) is 18.6. The van der Waals surface area contributed by atoms with E-state index in [4.69, 9.17) is 14.2 Å². The molecule has 1 fully saturated rings. The first-order valence-electron chi connectivity index (χ1n) is 27.2. The highest BCUT2D eigenvalue weighted by atomic mass is 16.7. The van der Waals surface area contributed by atoms with E-state index in [1.165, 1.54) is 89.9 Å². The van der Waals surface area contributed by atoms with Gasteiger partial charge in [-0.3, -0.25) is 9.59 Å². The van der Waals surface area contributed by atoms with E-state index in [0.717, 1.165) is 70.6 Å². The molecule has 0 radical (unpaired) electrons. The highest BCUT2D eigenvalue weighted by Gasteiger charge is 2.47. The third-order valence-electron chi connectivity index (χ3n) is 12.4. The number of unbranched alkanes of at least 4 members (excludes halogenated alkanes) is 20. The van der Waals surface area contributed by atoms with E-state index >= 15 is 0 Å². The number of rotatable bonds is 44.